The van der Waals surface area contributed by atoms with Crippen LogP contribution in [0.4, 0.5) is 0 Å². The van der Waals surface area contributed by atoms with Crippen LogP contribution < -0.4 is 4.72 Å². The first-order valence-electron chi connectivity index (χ1n) is 6.55. The molecule has 5 nitrogen and oxygen atoms in total. The molecule has 0 spiro atoms. The standard InChI is InChI=1S/C14H21N3O2S/c1-10-5-6-13-15-11(8-17(13)7-10)12(9-18)16-20(19)14(2,3)4/h5-8,12,16,18H,9H2,1-4H3. The van der Waals surface area contributed by atoms with Gasteiger partial charge in [0.1, 0.15) is 5.65 Å². The van der Waals surface area contributed by atoms with Crippen molar-refractivity contribution in [2.24, 2.45) is 0 Å². The minimum Gasteiger partial charge on any atom is -0.394 e. The lowest BCUT2D eigenvalue weighted by molar-refractivity contribution is 0.258. The molecule has 0 aliphatic rings. The molecule has 0 aliphatic heterocycles. The van der Waals surface area contributed by atoms with Gasteiger partial charge in [0.25, 0.3) is 0 Å². The number of aliphatic hydroxyl groups excluding tert-OH is 1. The highest BCUT2D eigenvalue weighted by Gasteiger charge is 2.24. The maximum absolute atomic E-state index is 12.1. The van der Waals surface area contributed by atoms with E-state index in [2.05, 4.69) is 9.71 Å². The van der Waals surface area contributed by atoms with Crippen molar-refractivity contribution < 1.29 is 9.32 Å². The molecule has 0 aliphatic carbocycles. The summed E-state index contributed by atoms with van der Waals surface area (Å²) in [6, 6.07) is 3.48. The van der Waals surface area contributed by atoms with E-state index < -0.39 is 17.0 Å². The van der Waals surface area contributed by atoms with E-state index >= 15 is 0 Å². The summed E-state index contributed by atoms with van der Waals surface area (Å²) in [4.78, 5) is 4.47. The van der Waals surface area contributed by atoms with E-state index in [9.17, 15) is 9.32 Å². The number of fused-ring (bicyclic) bond motifs is 1. The van der Waals surface area contributed by atoms with Crippen LogP contribution in [-0.2, 0) is 11.0 Å². The van der Waals surface area contributed by atoms with E-state index in [-0.39, 0.29) is 11.4 Å². The van der Waals surface area contributed by atoms with Crippen LogP contribution in [0.2, 0.25) is 0 Å². The summed E-state index contributed by atoms with van der Waals surface area (Å²) in [5, 5.41) is 9.53. The number of imidazole rings is 1. The second-order valence-electron chi connectivity index (χ2n) is 5.87. The van der Waals surface area contributed by atoms with Crippen molar-refractivity contribution in [3.63, 3.8) is 0 Å². The van der Waals surface area contributed by atoms with Gasteiger partial charge in [0, 0.05) is 12.4 Å². The number of hydrogen-bond acceptors (Lipinski definition) is 3. The predicted octanol–water partition coefficient (Wildman–Crippen LogP) is 1.73. The van der Waals surface area contributed by atoms with Crippen molar-refractivity contribution >= 4 is 16.6 Å². The van der Waals surface area contributed by atoms with Crippen molar-refractivity contribution in [1.29, 1.82) is 0 Å². The molecular formula is C14H21N3O2S. The van der Waals surface area contributed by atoms with Crippen LogP contribution in [0.5, 0.6) is 0 Å². The highest BCUT2D eigenvalue weighted by molar-refractivity contribution is 7.84. The topological polar surface area (TPSA) is 66.6 Å². The minimum absolute atomic E-state index is 0.148. The number of aliphatic hydroxyl groups is 1. The summed E-state index contributed by atoms with van der Waals surface area (Å²) in [5.74, 6) is 0. The molecule has 2 aromatic rings. The first-order valence-corrected chi connectivity index (χ1v) is 7.70. The summed E-state index contributed by atoms with van der Waals surface area (Å²) in [6.45, 7) is 7.52. The number of aromatic nitrogens is 2. The lowest BCUT2D eigenvalue weighted by atomic mass is 10.2. The number of aryl methyl sites for hydroxylation is 1. The molecule has 0 saturated heterocycles. The second-order valence-corrected chi connectivity index (χ2v) is 7.87. The Morgan fingerprint density at radius 3 is 2.70 bits per heavy atom. The zero-order valence-electron chi connectivity index (χ0n) is 12.3. The van der Waals surface area contributed by atoms with Gasteiger partial charge in [-0.25, -0.2) is 13.9 Å². The molecule has 0 amide bonds. The van der Waals surface area contributed by atoms with Gasteiger partial charge < -0.3 is 9.51 Å². The Balaban J connectivity index is 2.28. The van der Waals surface area contributed by atoms with Crippen molar-refractivity contribution in [3.05, 3.63) is 35.8 Å². The minimum atomic E-state index is -1.25. The van der Waals surface area contributed by atoms with E-state index in [0.29, 0.717) is 5.69 Å². The SMILES string of the molecule is Cc1ccc2nc(C(CO)NS(=O)C(C)(C)C)cn2c1. The molecular weight excluding hydrogens is 274 g/mol. The maximum Gasteiger partial charge on any atom is 0.137 e. The number of pyridine rings is 1. The normalized spacial score (nSPS) is 15.4. The molecule has 2 heterocycles. The molecule has 0 bridgehead atoms. The van der Waals surface area contributed by atoms with Crippen LogP contribution in [0.3, 0.4) is 0 Å². The Morgan fingerprint density at radius 1 is 1.40 bits per heavy atom. The van der Waals surface area contributed by atoms with E-state index in [1.54, 1.807) is 0 Å². The van der Waals surface area contributed by atoms with Gasteiger partial charge in [-0.1, -0.05) is 6.07 Å². The first kappa shape index (κ1) is 15.2. The van der Waals surface area contributed by atoms with Crippen LogP contribution in [0.25, 0.3) is 5.65 Å². The van der Waals surface area contributed by atoms with Crippen molar-refractivity contribution in [2.45, 2.75) is 38.5 Å². The lowest BCUT2D eigenvalue weighted by Crippen LogP contribution is -2.37. The Bertz CT molecular complexity index is 631. The summed E-state index contributed by atoms with van der Waals surface area (Å²) in [7, 11) is -1.25. The number of nitrogens with one attached hydrogen (secondary N) is 1. The first-order chi connectivity index (χ1) is 9.31. The highest BCUT2D eigenvalue weighted by Crippen LogP contribution is 2.17. The average molecular weight is 295 g/mol. The van der Waals surface area contributed by atoms with Gasteiger partial charge >= 0.3 is 0 Å². The summed E-state index contributed by atoms with van der Waals surface area (Å²) in [5.41, 5.74) is 2.64. The fourth-order valence-corrected chi connectivity index (χ4v) is 2.59. The molecule has 6 heteroatoms. The van der Waals surface area contributed by atoms with Gasteiger partial charge in [-0.3, -0.25) is 0 Å². The monoisotopic (exact) mass is 295 g/mol. The van der Waals surface area contributed by atoms with Crippen LogP contribution in [-0.4, -0.2) is 30.1 Å². The Labute approximate surface area is 121 Å². The van der Waals surface area contributed by atoms with E-state index in [4.69, 9.17) is 0 Å². The Hall–Kier alpha value is -1.24. The smallest absolute Gasteiger partial charge is 0.137 e. The molecule has 2 rings (SSSR count). The molecule has 0 aromatic carbocycles. The fourth-order valence-electron chi connectivity index (χ4n) is 1.79. The van der Waals surface area contributed by atoms with Gasteiger partial charge in [-0.2, -0.15) is 0 Å². The van der Waals surface area contributed by atoms with Crippen LogP contribution in [0, 0.1) is 6.92 Å². The molecule has 0 radical (unpaired) electrons. The largest absolute Gasteiger partial charge is 0.394 e. The third-order valence-electron chi connectivity index (χ3n) is 2.96. The summed E-state index contributed by atoms with van der Waals surface area (Å²) in [6.07, 6.45) is 3.83. The van der Waals surface area contributed by atoms with Crippen LogP contribution in [0.15, 0.2) is 24.5 Å². The zero-order chi connectivity index (χ0) is 14.9. The molecule has 110 valence electrons. The zero-order valence-corrected chi connectivity index (χ0v) is 13.1. The van der Waals surface area contributed by atoms with Crippen molar-refractivity contribution in [2.75, 3.05) is 6.61 Å². The number of nitrogens with zero attached hydrogens (tertiary/aromatic N) is 2. The van der Waals surface area contributed by atoms with Gasteiger partial charge in [0.05, 0.1) is 34.1 Å². The van der Waals surface area contributed by atoms with Crippen molar-refractivity contribution in [3.8, 4) is 0 Å². The molecule has 2 aromatic heterocycles. The quantitative estimate of drug-likeness (QED) is 0.902. The number of rotatable bonds is 4. The summed E-state index contributed by atoms with van der Waals surface area (Å²) < 4.78 is 16.6. The van der Waals surface area contributed by atoms with E-state index in [1.807, 2.05) is 56.6 Å². The highest BCUT2D eigenvalue weighted by atomic mass is 32.2. The third-order valence-corrected chi connectivity index (χ3v) is 4.57. The van der Waals surface area contributed by atoms with Crippen LogP contribution in [0.1, 0.15) is 38.1 Å². The van der Waals surface area contributed by atoms with Gasteiger partial charge in [0.2, 0.25) is 0 Å². The maximum atomic E-state index is 12.1. The Morgan fingerprint density at radius 2 is 2.10 bits per heavy atom. The Kier molecular flexibility index (Phi) is 4.27. The molecule has 20 heavy (non-hydrogen) atoms. The van der Waals surface area contributed by atoms with Gasteiger partial charge in [0.15, 0.2) is 0 Å². The average Bonchev–Trinajstić information content (AvgIpc) is 2.76. The third kappa shape index (κ3) is 3.26. The molecule has 2 atom stereocenters. The molecule has 0 saturated carbocycles. The van der Waals surface area contributed by atoms with E-state index in [1.165, 1.54) is 0 Å². The van der Waals surface area contributed by atoms with E-state index in [0.717, 1.165) is 11.2 Å². The second kappa shape index (κ2) is 5.63. The molecule has 0 fully saturated rings. The fraction of sp³-hybridized carbons (Fsp3) is 0.500. The summed E-state index contributed by atoms with van der Waals surface area (Å²) >= 11 is 0. The van der Waals surface area contributed by atoms with Crippen LogP contribution >= 0.6 is 0 Å². The lowest BCUT2D eigenvalue weighted by Gasteiger charge is -2.22. The number of hydrogen-bond donors (Lipinski definition) is 2. The van der Waals surface area contributed by atoms with Gasteiger partial charge in [-0.05, 0) is 39.3 Å². The van der Waals surface area contributed by atoms with Crippen molar-refractivity contribution in [1.82, 2.24) is 14.1 Å². The predicted molar refractivity (Wildman–Crippen MR) is 80.8 cm³/mol. The molecule has 2 unspecified atom stereocenters. The van der Waals surface area contributed by atoms with Gasteiger partial charge in [-0.15, -0.1) is 0 Å². The molecule has 2 N–H and O–H groups in total.